The van der Waals surface area contributed by atoms with Crippen molar-refractivity contribution in [2.75, 3.05) is 26.2 Å². The molecule has 2 heterocycles. The van der Waals surface area contributed by atoms with E-state index in [1.165, 1.54) is 12.1 Å². The molecule has 2 rings (SSSR count). The third kappa shape index (κ3) is 2.52. The lowest BCUT2D eigenvalue weighted by Crippen LogP contribution is -2.48. The fraction of sp³-hybridized carbons (Fsp3) is 0.364. The maximum Gasteiger partial charge on any atom is 0.335 e. The highest BCUT2D eigenvalue weighted by Crippen LogP contribution is 2.06. The standard InChI is InChI=1S/C11H12N2O4/c14-8-12-3-5-13(6-4-12)11(16)9-1-2-10(15)17-7-9/h1-2,7-8H,3-6H2. The Bertz CT molecular complexity index is 454. The molecule has 6 nitrogen and oxygen atoms in total. The van der Waals surface area contributed by atoms with E-state index >= 15 is 0 Å². The summed E-state index contributed by atoms with van der Waals surface area (Å²) >= 11 is 0. The maximum absolute atomic E-state index is 12.0. The Morgan fingerprint density at radius 2 is 1.94 bits per heavy atom. The lowest BCUT2D eigenvalue weighted by Gasteiger charge is -2.32. The summed E-state index contributed by atoms with van der Waals surface area (Å²) in [6.07, 6.45) is 1.94. The van der Waals surface area contributed by atoms with Crippen LogP contribution in [0.15, 0.2) is 27.6 Å². The Balaban J connectivity index is 2.04. The molecule has 0 bridgehead atoms. The number of hydrogen-bond acceptors (Lipinski definition) is 4. The van der Waals surface area contributed by atoms with Gasteiger partial charge in [0.05, 0.1) is 5.56 Å². The number of carbonyl (C=O) groups is 2. The van der Waals surface area contributed by atoms with E-state index < -0.39 is 5.63 Å². The van der Waals surface area contributed by atoms with Gasteiger partial charge in [-0.2, -0.15) is 0 Å². The summed E-state index contributed by atoms with van der Waals surface area (Å²) in [5.41, 5.74) is -0.128. The lowest BCUT2D eigenvalue weighted by atomic mass is 10.2. The molecule has 17 heavy (non-hydrogen) atoms. The molecule has 2 amide bonds. The second-order valence-electron chi connectivity index (χ2n) is 3.78. The second-order valence-corrected chi connectivity index (χ2v) is 3.78. The quantitative estimate of drug-likeness (QED) is 0.652. The van der Waals surface area contributed by atoms with Crippen LogP contribution in [0, 0.1) is 0 Å². The number of carbonyl (C=O) groups excluding carboxylic acids is 2. The highest BCUT2D eigenvalue weighted by atomic mass is 16.4. The van der Waals surface area contributed by atoms with Crippen LogP contribution < -0.4 is 5.63 Å². The van der Waals surface area contributed by atoms with E-state index in [-0.39, 0.29) is 5.91 Å². The Labute approximate surface area is 97.4 Å². The minimum absolute atomic E-state index is 0.181. The molecular formula is C11H12N2O4. The van der Waals surface area contributed by atoms with Crippen molar-refractivity contribution < 1.29 is 14.0 Å². The molecule has 1 aliphatic heterocycles. The summed E-state index contributed by atoms with van der Waals surface area (Å²) in [5, 5.41) is 0. The summed E-state index contributed by atoms with van der Waals surface area (Å²) in [6.45, 7) is 2.06. The lowest BCUT2D eigenvalue weighted by molar-refractivity contribution is -0.119. The van der Waals surface area contributed by atoms with Crippen molar-refractivity contribution in [3.05, 3.63) is 34.4 Å². The van der Waals surface area contributed by atoms with E-state index in [0.29, 0.717) is 31.7 Å². The van der Waals surface area contributed by atoms with Gasteiger partial charge < -0.3 is 14.2 Å². The molecule has 0 saturated carbocycles. The van der Waals surface area contributed by atoms with Gasteiger partial charge in [-0.25, -0.2) is 4.79 Å². The number of hydrogen-bond donors (Lipinski definition) is 0. The van der Waals surface area contributed by atoms with Gasteiger partial charge in [-0.05, 0) is 6.07 Å². The molecule has 0 radical (unpaired) electrons. The number of amides is 2. The van der Waals surface area contributed by atoms with Crippen LogP contribution in [0.5, 0.6) is 0 Å². The van der Waals surface area contributed by atoms with Gasteiger partial charge in [0.25, 0.3) is 5.91 Å². The van der Waals surface area contributed by atoms with Crippen LogP contribution in [0.25, 0.3) is 0 Å². The zero-order valence-corrected chi connectivity index (χ0v) is 9.17. The Morgan fingerprint density at radius 3 is 2.47 bits per heavy atom. The first-order valence-electron chi connectivity index (χ1n) is 5.28. The van der Waals surface area contributed by atoms with Gasteiger partial charge in [0, 0.05) is 32.2 Å². The first-order chi connectivity index (χ1) is 8.20. The summed E-state index contributed by atoms with van der Waals surface area (Å²) < 4.78 is 4.64. The Morgan fingerprint density at radius 1 is 1.24 bits per heavy atom. The molecule has 90 valence electrons. The SMILES string of the molecule is O=CN1CCN(C(=O)c2ccc(=O)oc2)CC1. The normalized spacial score (nSPS) is 15.8. The van der Waals surface area contributed by atoms with Crippen molar-refractivity contribution in [3.8, 4) is 0 Å². The summed E-state index contributed by atoms with van der Waals surface area (Å²) in [5.74, 6) is -0.181. The van der Waals surface area contributed by atoms with E-state index in [0.717, 1.165) is 12.7 Å². The first-order valence-corrected chi connectivity index (χ1v) is 5.28. The molecule has 6 heteroatoms. The van der Waals surface area contributed by atoms with Crippen LogP contribution in [0.2, 0.25) is 0 Å². The first kappa shape index (κ1) is 11.4. The van der Waals surface area contributed by atoms with Crippen LogP contribution in [-0.2, 0) is 4.79 Å². The largest absolute Gasteiger partial charge is 0.430 e. The molecule has 0 spiro atoms. The smallest absolute Gasteiger partial charge is 0.335 e. The predicted octanol–water partition coefficient (Wildman–Crippen LogP) is -0.446. The Kier molecular flexibility index (Phi) is 3.22. The van der Waals surface area contributed by atoms with Crippen LogP contribution in [0.1, 0.15) is 10.4 Å². The minimum Gasteiger partial charge on any atom is -0.430 e. The molecule has 0 N–H and O–H groups in total. The van der Waals surface area contributed by atoms with Crippen molar-refractivity contribution >= 4 is 12.3 Å². The van der Waals surface area contributed by atoms with Gasteiger partial charge in [0.1, 0.15) is 6.26 Å². The van der Waals surface area contributed by atoms with Crippen molar-refractivity contribution in [3.63, 3.8) is 0 Å². The van der Waals surface area contributed by atoms with E-state index in [1.54, 1.807) is 9.80 Å². The maximum atomic E-state index is 12.0. The molecule has 0 atom stereocenters. The van der Waals surface area contributed by atoms with E-state index in [4.69, 9.17) is 0 Å². The third-order valence-electron chi connectivity index (χ3n) is 2.70. The Hall–Kier alpha value is -2.11. The highest BCUT2D eigenvalue weighted by Gasteiger charge is 2.21. The van der Waals surface area contributed by atoms with Crippen molar-refractivity contribution in [2.24, 2.45) is 0 Å². The molecule has 1 fully saturated rings. The fourth-order valence-corrected chi connectivity index (χ4v) is 1.69. The molecule has 1 aromatic heterocycles. The van der Waals surface area contributed by atoms with E-state index in [9.17, 15) is 14.4 Å². The minimum atomic E-state index is -0.479. The predicted molar refractivity (Wildman–Crippen MR) is 58.5 cm³/mol. The van der Waals surface area contributed by atoms with Crippen LogP contribution in [-0.4, -0.2) is 48.3 Å². The molecule has 0 aromatic carbocycles. The molecular weight excluding hydrogens is 224 g/mol. The monoisotopic (exact) mass is 236 g/mol. The molecule has 0 aliphatic carbocycles. The number of nitrogens with zero attached hydrogens (tertiary/aromatic N) is 2. The van der Waals surface area contributed by atoms with E-state index in [2.05, 4.69) is 4.42 Å². The van der Waals surface area contributed by atoms with Gasteiger partial charge in [-0.1, -0.05) is 0 Å². The van der Waals surface area contributed by atoms with Gasteiger partial charge in [-0.15, -0.1) is 0 Å². The van der Waals surface area contributed by atoms with Crippen LogP contribution in [0.3, 0.4) is 0 Å². The second kappa shape index (κ2) is 4.82. The zero-order chi connectivity index (χ0) is 12.3. The number of piperazine rings is 1. The molecule has 1 aliphatic rings. The topological polar surface area (TPSA) is 70.8 Å². The van der Waals surface area contributed by atoms with Crippen molar-refractivity contribution in [2.45, 2.75) is 0 Å². The molecule has 1 aromatic rings. The average Bonchev–Trinajstić information content (AvgIpc) is 2.39. The van der Waals surface area contributed by atoms with E-state index in [1.807, 2.05) is 0 Å². The summed E-state index contributed by atoms with van der Waals surface area (Å²) in [7, 11) is 0. The number of rotatable bonds is 2. The molecule has 1 saturated heterocycles. The zero-order valence-electron chi connectivity index (χ0n) is 9.17. The fourth-order valence-electron chi connectivity index (χ4n) is 1.69. The summed E-state index contributed by atoms with van der Waals surface area (Å²) in [4.78, 5) is 36.5. The van der Waals surface area contributed by atoms with Gasteiger partial charge in [0.2, 0.25) is 6.41 Å². The third-order valence-corrected chi connectivity index (χ3v) is 2.70. The average molecular weight is 236 g/mol. The molecule has 0 unspecified atom stereocenters. The van der Waals surface area contributed by atoms with Gasteiger partial charge in [0.15, 0.2) is 0 Å². The van der Waals surface area contributed by atoms with Crippen molar-refractivity contribution in [1.82, 2.24) is 9.80 Å². The summed E-state index contributed by atoms with van der Waals surface area (Å²) in [6, 6.07) is 2.66. The highest BCUT2D eigenvalue weighted by molar-refractivity contribution is 5.93. The van der Waals surface area contributed by atoms with Crippen molar-refractivity contribution in [1.29, 1.82) is 0 Å². The van der Waals surface area contributed by atoms with Gasteiger partial charge in [-0.3, -0.25) is 9.59 Å². The van der Waals surface area contributed by atoms with Crippen LogP contribution in [0.4, 0.5) is 0 Å². The van der Waals surface area contributed by atoms with Gasteiger partial charge >= 0.3 is 5.63 Å². The van der Waals surface area contributed by atoms with Crippen LogP contribution >= 0.6 is 0 Å².